The third-order valence-electron chi connectivity index (χ3n) is 4.10. The molecular weight excluding hydrogens is 292 g/mol. The van der Waals surface area contributed by atoms with Crippen LogP contribution in [0.15, 0.2) is 36.5 Å². The Morgan fingerprint density at radius 2 is 2.13 bits per heavy atom. The van der Waals surface area contributed by atoms with E-state index < -0.39 is 0 Å². The Balaban J connectivity index is 2.28. The quantitative estimate of drug-likeness (QED) is 0.654. The van der Waals surface area contributed by atoms with Gasteiger partial charge in [-0.2, -0.15) is 0 Å². The highest BCUT2D eigenvalue weighted by Crippen LogP contribution is 2.21. The van der Waals surface area contributed by atoms with Gasteiger partial charge in [-0.25, -0.2) is 0 Å². The second-order valence-corrected chi connectivity index (χ2v) is 5.69. The molecular formula is C17H24N4O2. The van der Waals surface area contributed by atoms with Crippen molar-refractivity contribution >= 4 is 11.7 Å². The van der Waals surface area contributed by atoms with E-state index in [-0.39, 0.29) is 17.8 Å². The van der Waals surface area contributed by atoms with Crippen LogP contribution in [-0.4, -0.2) is 54.8 Å². The van der Waals surface area contributed by atoms with Crippen LogP contribution in [-0.2, 0) is 0 Å². The number of carbonyl (C=O) groups excluding carboxylic acids is 1. The fourth-order valence-electron chi connectivity index (χ4n) is 2.79. The van der Waals surface area contributed by atoms with Crippen LogP contribution in [0.3, 0.4) is 0 Å². The van der Waals surface area contributed by atoms with Gasteiger partial charge < -0.3 is 15.4 Å². The van der Waals surface area contributed by atoms with E-state index in [2.05, 4.69) is 11.9 Å². The van der Waals surface area contributed by atoms with Crippen molar-refractivity contribution in [2.45, 2.75) is 18.9 Å². The van der Waals surface area contributed by atoms with Crippen LogP contribution in [0.4, 0.5) is 0 Å². The van der Waals surface area contributed by atoms with Gasteiger partial charge in [-0.1, -0.05) is 6.07 Å². The van der Waals surface area contributed by atoms with Gasteiger partial charge in [-0.3, -0.25) is 15.1 Å². The highest BCUT2D eigenvalue weighted by molar-refractivity contribution is 6.09. The first-order valence-corrected chi connectivity index (χ1v) is 7.69. The monoisotopic (exact) mass is 316 g/mol. The Hall–Kier alpha value is -2.34. The average Bonchev–Trinajstić information content (AvgIpc) is 2.57. The van der Waals surface area contributed by atoms with Gasteiger partial charge in [0.1, 0.15) is 11.6 Å². The zero-order valence-corrected chi connectivity index (χ0v) is 13.7. The normalized spacial score (nSPS) is 16.4. The Morgan fingerprint density at radius 1 is 1.43 bits per heavy atom. The number of nitrogens with one attached hydrogen (secondary N) is 1. The molecule has 2 rings (SSSR count). The fraction of sp³-hybridized carbons (Fsp3) is 0.412. The molecule has 0 bridgehead atoms. The first-order valence-electron chi connectivity index (χ1n) is 7.69. The van der Waals surface area contributed by atoms with Gasteiger partial charge >= 0.3 is 0 Å². The van der Waals surface area contributed by atoms with E-state index >= 15 is 0 Å². The predicted molar refractivity (Wildman–Crippen MR) is 90.7 cm³/mol. The molecule has 1 aromatic carbocycles. The second-order valence-electron chi connectivity index (χ2n) is 5.69. The molecule has 1 aliphatic rings. The minimum atomic E-state index is -0.193. The average molecular weight is 316 g/mol. The molecule has 0 aromatic heterocycles. The van der Waals surface area contributed by atoms with Gasteiger partial charge in [0.05, 0.1) is 7.11 Å². The van der Waals surface area contributed by atoms with Gasteiger partial charge in [0, 0.05) is 11.6 Å². The molecule has 1 fully saturated rings. The maximum atomic E-state index is 13.0. The number of hydrogen-bond acceptors (Lipinski definition) is 5. The van der Waals surface area contributed by atoms with E-state index in [0.717, 1.165) is 25.9 Å². The van der Waals surface area contributed by atoms with E-state index in [1.165, 1.54) is 12.3 Å². The number of amidine groups is 1. The molecule has 3 N–H and O–H groups in total. The standard InChI is InChI=1S/C17H24N4O2/c1-20-10-7-14(8-11-20)21(16(19)6-9-18)17(22)13-4-3-5-15(12-13)23-2/h3-6,9,12,14,19H,7-8,10-11,18H2,1-2H3/b9-6-,19-16?. The number of rotatable bonds is 4. The van der Waals surface area contributed by atoms with E-state index in [1.807, 2.05) is 0 Å². The smallest absolute Gasteiger partial charge is 0.259 e. The summed E-state index contributed by atoms with van der Waals surface area (Å²) < 4.78 is 5.19. The largest absolute Gasteiger partial charge is 0.497 e. The molecule has 0 spiro atoms. The van der Waals surface area contributed by atoms with Crippen LogP contribution in [0.1, 0.15) is 23.2 Å². The van der Waals surface area contributed by atoms with Gasteiger partial charge in [-0.15, -0.1) is 0 Å². The number of amides is 1. The van der Waals surface area contributed by atoms with Gasteiger partial charge in [0.15, 0.2) is 0 Å². The van der Waals surface area contributed by atoms with Crippen molar-refractivity contribution in [2.75, 3.05) is 27.2 Å². The lowest BCUT2D eigenvalue weighted by Gasteiger charge is -2.36. The van der Waals surface area contributed by atoms with E-state index in [4.69, 9.17) is 15.9 Å². The van der Waals surface area contributed by atoms with E-state index in [0.29, 0.717) is 11.3 Å². The molecule has 0 atom stereocenters. The summed E-state index contributed by atoms with van der Waals surface area (Å²) in [6.07, 6.45) is 4.43. The Kier molecular flexibility index (Phi) is 5.76. The molecule has 23 heavy (non-hydrogen) atoms. The van der Waals surface area contributed by atoms with Crippen molar-refractivity contribution in [1.29, 1.82) is 5.41 Å². The molecule has 1 heterocycles. The summed E-state index contributed by atoms with van der Waals surface area (Å²) in [5.74, 6) is 0.552. The Bertz CT molecular complexity index is 592. The van der Waals surface area contributed by atoms with Crippen molar-refractivity contribution in [1.82, 2.24) is 9.80 Å². The number of hydrogen-bond donors (Lipinski definition) is 2. The highest BCUT2D eigenvalue weighted by Gasteiger charge is 2.30. The molecule has 0 unspecified atom stereocenters. The first kappa shape index (κ1) is 17.0. The number of nitrogens with two attached hydrogens (primary N) is 1. The number of likely N-dealkylation sites (tertiary alicyclic amines) is 1. The fourth-order valence-corrected chi connectivity index (χ4v) is 2.79. The molecule has 0 radical (unpaired) electrons. The summed E-state index contributed by atoms with van der Waals surface area (Å²) in [5.41, 5.74) is 5.93. The zero-order valence-electron chi connectivity index (χ0n) is 13.7. The number of ether oxygens (including phenoxy) is 1. The molecule has 6 nitrogen and oxygen atoms in total. The lowest BCUT2D eigenvalue weighted by Crippen LogP contribution is -2.48. The first-order chi connectivity index (χ1) is 11.1. The predicted octanol–water partition coefficient (Wildman–Crippen LogP) is 1.68. The second kappa shape index (κ2) is 7.78. The van der Waals surface area contributed by atoms with Crippen LogP contribution in [0, 0.1) is 5.41 Å². The molecule has 124 valence electrons. The lowest BCUT2D eigenvalue weighted by atomic mass is 10.0. The van der Waals surface area contributed by atoms with Crippen LogP contribution in [0.25, 0.3) is 0 Å². The molecule has 1 amide bonds. The molecule has 0 aliphatic carbocycles. The molecule has 6 heteroatoms. The van der Waals surface area contributed by atoms with E-state index in [1.54, 1.807) is 36.3 Å². The summed E-state index contributed by atoms with van der Waals surface area (Å²) >= 11 is 0. The topological polar surface area (TPSA) is 82.6 Å². The number of methoxy groups -OCH3 is 1. The van der Waals surface area contributed by atoms with Crippen molar-refractivity contribution in [3.8, 4) is 5.75 Å². The molecule has 1 aliphatic heterocycles. The van der Waals surface area contributed by atoms with Gasteiger partial charge in [-0.05, 0) is 63.5 Å². The Morgan fingerprint density at radius 3 is 2.74 bits per heavy atom. The summed E-state index contributed by atoms with van der Waals surface area (Å²) in [4.78, 5) is 16.7. The third-order valence-corrected chi connectivity index (χ3v) is 4.10. The van der Waals surface area contributed by atoms with Crippen LogP contribution in [0.5, 0.6) is 5.75 Å². The van der Waals surface area contributed by atoms with Crippen LogP contribution < -0.4 is 10.5 Å². The number of nitrogens with zero attached hydrogens (tertiary/aromatic N) is 2. The molecule has 1 aromatic rings. The van der Waals surface area contributed by atoms with Crippen molar-refractivity contribution in [3.63, 3.8) is 0 Å². The van der Waals surface area contributed by atoms with Crippen molar-refractivity contribution in [3.05, 3.63) is 42.1 Å². The van der Waals surface area contributed by atoms with E-state index in [9.17, 15) is 4.79 Å². The highest BCUT2D eigenvalue weighted by atomic mass is 16.5. The third kappa shape index (κ3) is 4.10. The lowest BCUT2D eigenvalue weighted by molar-refractivity contribution is 0.0748. The number of benzene rings is 1. The minimum absolute atomic E-state index is 0.00796. The maximum absolute atomic E-state index is 13.0. The minimum Gasteiger partial charge on any atom is -0.497 e. The van der Waals surface area contributed by atoms with Crippen molar-refractivity contribution in [2.24, 2.45) is 5.73 Å². The number of carbonyl (C=O) groups is 1. The SMILES string of the molecule is COc1cccc(C(=O)N(C(=N)/C=C\N)C2CCN(C)CC2)c1. The van der Waals surface area contributed by atoms with Gasteiger partial charge in [0.25, 0.3) is 5.91 Å². The molecule has 1 saturated heterocycles. The zero-order chi connectivity index (χ0) is 16.8. The summed E-state index contributed by atoms with van der Waals surface area (Å²) in [6.45, 7) is 1.82. The summed E-state index contributed by atoms with van der Waals surface area (Å²) in [5, 5.41) is 8.20. The van der Waals surface area contributed by atoms with Crippen LogP contribution in [0.2, 0.25) is 0 Å². The summed E-state index contributed by atoms with van der Waals surface area (Å²) in [6, 6.07) is 7.02. The Labute approximate surface area is 137 Å². The number of piperidine rings is 1. The maximum Gasteiger partial charge on any atom is 0.259 e. The van der Waals surface area contributed by atoms with Crippen molar-refractivity contribution < 1.29 is 9.53 Å². The summed E-state index contributed by atoms with van der Waals surface area (Å²) in [7, 11) is 3.63. The van der Waals surface area contributed by atoms with Crippen LogP contribution >= 0.6 is 0 Å². The van der Waals surface area contributed by atoms with Gasteiger partial charge in [0.2, 0.25) is 0 Å². The molecule has 0 saturated carbocycles.